The van der Waals surface area contributed by atoms with Gasteiger partial charge in [0.2, 0.25) is 0 Å². The molecule has 0 aliphatic heterocycles. The number of para-hydroxylation sites is 1. The van der Waals surface area contributed by atoms with E-state index in [0.29, 0.717) is 30.4 Å². The van der Waals surface area contributed by atoms with E-state index in [4.69, 9.17) is 10.5 Å². The lowest BCUT2D eigenvalue weighted by atomic mass is 9.88. The predicted molar refractivity (Wildman–Crippen MR) is 71.8 cm³/mol. The topological polar surface area (TPSA) is 52.3 Å². The van der Waals surface area contributed by atoms with Crippen molar-refractivity contribution in [2.45, 2.75) is 26.2 Å². The molecule has 0 amide bonds. The first kappa shape index (κ1) is 13.1. The largest absolute Gasteiger partial charge is 0.493 e. The van der Waals surface area contributed by atoms with Gasteiger partial charge in [0.15, 0.2) is 5.78 Å². The summed E-state index contributed by atoms with van der Waals surface area (Å²) in [6.07, 6.45) is 3.14. The van der Waals surface area contributed by atoms with Gasteiger partial charge < -0.3 is 10.5 Å². The number of Topliss-reactive ketones (excluding diaryl/α,β-unsaturated/α-hetero) is 1. The van der Waals surface area contributed by atoms with Gasteiger partial charge in [-0.05, 0) is 44.4 Å². The van der Waals surface area contributed by atoms with Crippen LogP contribution in [0.25, 0.3) is 0 Å². The van der Waals surface area contributed by atoms with E-state index in [1.807, 2.05) is 31.2 Å². The summed E-state index contributed by atoms with van der Waals surface area (Å²) in [6.45, 7) is 3.11. The van der Waals surface area contributed by atoms with Gasteiger partial charge in [0.25, 0.3) is 0 Å². The standard InChI is InChI=1S/C15H21NO2/c1-2-18-14-9-4-3-7-13(14)15(17)12-8-5-6-11(12)10-16/h3-4,7,9,11-12H,2,5-6,8,10,16H2,1H3. The van der Waals surface area contributed by atoms with Crippen molar-refractivity contribution in [3.05, 3.63) is 29.8 Å². The van der Waals surface area contributed by atoms with Gasteiger partial charge in [-0.25, -0.2) is 0 Å². The smallest absolute Gasteiger partial charge is 0.169 e. The van der Waals surface area contributed by atoms with Crippen molar-refractivity contribution in [3.8, 4) is 5.75 Å². The van der Waals surface area contributed by atoms with E-state index in [9.17, 15) is 4.79 Å². The molecule has 1 fully saturated rings. The lowest BCUT2D eigenvalue weighted by Crippen LogP contribution is -2.25. The summed E-state index contributed by atoms with van der Waals surface area (Å²) in [7, 11) is 0. The molecule has 1 aromatic rings. The van der Waals surface area contributed by atoms with Crippen LogP contribution in [0.15, 0.2) is 24.3 Å². The van der Waals surface area contributed by atoms with Crippen molar-refractivity contribution in [1.29, 1.82) is 0 Å². The molecule has 2 unspecified atom stereocenters. The molecule has 1 saturated carbocycles. The molecule has 0 aromatic heterocycles. The minimum atomic E-state index is 0.0802. The summed E-state index contributed by atoms with van der Waals surface area (Å²) in [5.41, 5.74) is 6.47. The molecule has 2 N–H and O–H groups in total. The Labute approximate surface area is 108 Å². The molecule has 1 aliphatic carbocycles. The molecule has 0 heterocycles. The third-order valence-electron chi connectivity index (χ3n) is 3.75. The highest BCUT2D eigenvalue weighted by atomic mass is 16.5. The van der Waals surface area contributed by atoms with Crippen molar-refractivity contribution in [2.24, 2.45) is 17.6 Å². The lowest BCUT2D eigenvalue weighted by molar-refractivity contribution is 0.0889. The van der Waals surface area contributed by atoms with Gasteiger partial charge in [-0.1, -0.05) is 18.6 Å². The summed E-state index contributed by atoms with van der Waals surface area (Å²) in [5.74, 6) is 1.32. The zero-order chi connectivity index (χ0) is 13.0. The van der Waals surface area contributed by atoms with Crippen LogP contribution in [-0.2, 0) is 0 Å². The first-order valence-electron chi connectivity index (χ1n) is 6.74. The maximum absolute atomic E-state index is 12.6. The van der Waals surface area contributed by atoms with E-state index in [1.165, 1.54) is 0 Å². The molecule has 98 valence electrons. The Balaban J connectivity index is 2.22. The number of rotatable bonds is 5. The highest BCUT2D eigenvalue weighted by molar-refractivity contribution is 6.00. The third kappa shape index (κ3) is 2.56. The van der Waals surface area contributed by atoms with Crippen LogP contribution in [-0.4, -0.2) is 18.9 Å². The maximum atomic E-state index is 12.6. The summed E-state index contributed by atoms with van der Waals surface area (Å²) in [5, 5.41) is 0. The molecule has 3 nitrogen and oxygen atoms in total. The summed E-state index contributed by atoms with van der Waals surface area (Å²) < 4.78 is 5.53. The number of carbonyl (C=O) groups excluding carboxylic acids is 1. The van der Waals surface area contributed by atoms with Gasteiger partial charge >= 0.3 is 0 Å². The Bertz CT molecular complexity index is 417. The number of hydrogen-bond acceptors (Lipinski definition) is 3. The molecule has 1 aromatic carbocycles. The van der Waals surface area contributed by atoms with E-state index in [0.717, 1.165) is 19.3 Å². The Kier molecular flexibility index (Phi) is 4.37. The van der Waals surface area contributed by atoms with Gasteiger partial charge in [-0.15, -0.1) is 0 Å². The molecule has 0 saturated heterocycles. The first-order chi connectivity index (χ1) is 8.77. The summed E-state index contributed by atoms with van der Waals surface area (Å²) in [6, 6.07) is 7.52. The normalized spacial score (nSPS) is 23.0. The van der Waals surface area contributed by atoms with Crippen molar-refractivity contribution < 1.29 is 9.53 Å². The van der Waals surface area contributed by atoms with Crippen LogP contribution in [0.3, 0.4) is 0 Å². The minimum Gasteiger partial charge on any atom is -0.493 e. The summed E-state index contributed by atoms with van der Waals surface area (Å²) >= 11 is 0. The first-order valence-corrected chi connectivity index (χ1v) is 6.74. The van der Waals surface area contributed by atoms with E-state index < -0.39 is 0 Å². The predicted octanol–water partition coefficient (Wildman–Crippen LogP) is 2.64. The SMILES string of the molecule is CCOc1ccccc1C(=O)C1CCCC1CN. The molecular formula is C15H21NO2. The van der Waals surface area contributed by atoms with Crippen LogP contribution in [0.1, 0.15) is 36.5 Å². The van der Waals surface area contributed by atoms with Crippen LogP contribution < -0.4 is 10.5 Å². The number of ketones is 1. The highest BCUT2D eigenvalue weighted by Gasteiger charge is 2.33. The average molecular weight is 247 g/mol. The molecule has 0 radical (unpaired) electrons. The van der Waals surface area contributed by atoms with Crippen molar-refractivity contribution in [3.63, 3.8) is 0 Å². The Morgan fingerprint density at radius 2 is 2.17 bits per heavy atom. The summed E-state index contributed by atoms with van der Waals surface area (Å²) in [4.78, 5) is 12.6. The molecule has 0 bridgehead atoms. The van der Waals surface area contributed by atoms with Crippen LogP contribution in [0.2, 0.25) is 0 Å². The van der Waals surface area contributed by atoms with Crippen LogP contribution in [0.5, 0.6) is 5.75 Å². The van der Waals surface area contributed by atoms with E-state index >= 15 is 0 Å². The van der Waals surface area contributed by atoms with E-state index in [-0.39, 0.29) is 11.7 Å². The number of ether oxygens (including phenoxy) is 1. The molecular weight excluding hydrogens is 226 g/mol. The average Bonchev–Trinajstić information content (AvgIpc) is 2.87. The van der Waals surface area contributed by atoms with Crippen LogP contribution >= 0.6 is 0 Å². The quantitative estimate of drug-likeness (QED) is 0.814. The number of carbonyl (C=O) groups is 1. The Morgan fingerprint density at radius 1 is 1.39 bits per heavy atom. The second-order valence-corrected chi connectivity index (χ2v) is 4.83. The maximum Gasteiger partial charge on any atom is 0.169 e. The number of hydrogen-bond donors (Lipinski definition) is 1. The molecule has 2 rings (SSSR count). The van der Waals surface area contributed by atoms with Gasteiger partial charge in [-0.3, -0.25) is 4.79 Å². The Morgan fingerprint density at radius 3 is 2.89 bits per heavy atom. The minimum absolute atomic E-state index is 0.0802. The van der Waals surface area contributed by atoms with Gasteiger partial charge in [0.05, 0.1) is 12.2 Å². The van der Waals surface area contributed by atoms with Crippen LogP contribution in [0.4, 0.5) is 0 Å². The number of nitrogens with two attached hydrogens (primary N) is 1. The van der Waals surface area contributed by atoms with Crippen LogP contribution in [0, 0.1) is 11.8 Å². The third-order valence-corrected chi connectivity index (χ3v) is 3.75. The second kappa shape index (κ2) is 6.01. The van der Waals surface area contributed by atoms with Gasteiger partial charge in [0.1, 0.15) is 5.75 Å². The van der Waals surface area contributed by atoms with Gasteiger partial charge in [0, 0.05) is 5.92 Å². The van der Waals surface area contributed by atoms with Crippen molar-refractivity contribution in [2.75, 3.05) is 13.2 Å². The second-order valence-electron chi connectivity index (χ2n) is 4.83. The lowest BCUT2D eigenvalue weighted by Gasteiger charge is -2.18. The Hall–Kier alpha value is -1.35. The highest BCUT2D eigenvalue weighted by Crippen LogP contribution is 2.35. The number of benzene rings is 1. The van der Waals surface area contributed by atoms with E-state index in [1.54, 1.807) is 0 Å². The van der Waals surface area contributed by atoms with Gasteiger partial charge in [-0.2, -0.15) is 0 Å². The van der Waals surface area contributed by atoms with E-state index in [2.05, 4.69) is 0 Å². The molecule has 3 heteroatoms. The fourth-order valence-corrected chi connectivity index (χ4v) is 2.82. The molecule has 18 heavy (non-hydrogen) atoms. The van der Waals surface area contributed by atoms with Crippen molar-refractivity contribution >= 4 is 5.78 Å². The van der Waals surface area contributed by atoms with Crippen molar-refractivity contribution in [1.82, 2.24) is 0 Å². The molecule has 1 aliphatic rings. The fraction of sp³-hybridized carbons (Fsp3) is 0.533. The molecule has 2 atom stereocenters. The molecule has 0 spiro atoms. The zero-order valence-corrected chi connectivity index (χ0v) is 10.9. The monoisotopic (exact) mass is 247 g/mol. The zero-order valence-electron chi connectivity index (χ0n) is 10.9. The fourth-order valence-electron chi connectivity index (χ4n) is 2.82.